The number of hydrogen-bond acceptors (Lipinski definition) is 14. The van der Waals surface area contributed by atoms with Crippen molar-refractivity contribution in [2.45, 2.75) is 108 Å². The molecule has 1 unspecified atom stereocenters. The molecule has 1 aromatic carbocycles. The van der Waals surface area contributed by atoms with Crippen molar-refractivity contribution >= 4 is 40.0 Å². The molecule has 0 radical (unpaired) electrons. The monoisotopic (exact) mass is 996 g/mol. The number of fused-ring (bicyclic) bond motifs is 7. The first-order chi connectivity index (χ1) is 34.7. The highest BCUT2D eigenvalue weighted by atomic mass is 32.1. The fraction of sp³-hybridized carbons (Fsp3) is 0.582. The maximum atomic E-state index is 15.4. The lowest BCUT2D eigenvalue weighted by atomic mass is 9.76. The first-order valence-corrected chi connectivity index (χ1v) is 27.1. The highest BCUT2D eigenvalue weighted by Gasteiger charge is 2.58. The summed E-state index contributed by atoms with van der Waals surface area (Å²) in [5.74, 6) is -0.0337. The van der Waals surface area contributed by atoms with Gasteiger partial charge >= 0.3 is 5.97 Å². The molecule has 10 atom stereocenters. The van der Waals surface area contributed by atoms with Crippen LogP contribution in [0.15, 0.2) is 60.5 Å². The maximum Gasteiger partial charge on any atom is 0.324 e. The number of cyclic esters (lactones) is 1. The van der Waals surface area contributed by atoms with Gasteiger partial charge in [0, 0.05) is 121 Å². The topological polar surface area (TPSA) is 163 Å². The molecule has 4 saturated heterocycles. The minimum absolute atomic E-state index is 0.0220. The zero-order chi connectivity index (χ0) is 49.8. The number of benzene rings is 1. The van der Waals surface area contributed by atoms with Gasteiger partial charge in [-0.2, -0.15) is 0 Å². The summed E-state index contributed by atoms with van der Waals surface area (Å²) in [6.07, 6.45) is 9.84. The van der Waals surface area contributed by atoms with E-state index in [9.17, 15) is 9.59 Å². The van der Waals surface area contributed by atoms with E-state index in [2.05, 4.69) is 111 Å². The summed E-state index contributed by atoms with van der Waals surface area (Å²) in [5.41, 5.74) is 10.9. The summed E-state index contributed by atoms with van der Waals surface area (Å²) in [4.78, 5) is 70.8. The van der Waals surface area contributed by atoms with Crippen LogP contribution < -0.4 is 10.7 Å². The Balaban J connectivity index is 1.01. The lowest BCUT2D eigenvalue weighted by molar-refractivity contribution is -0.159. The van der Waals surface area contributed by atoms with Crippen LogP contribution in [0.1, 0.15) is 106 Å². The number of aromatic nitrogens is 5. The molecule has 4 aromatic heterocycles. The van der Waals surface area contributed by atoms with Gasteiger partial charge in [0.05, 0.1) is 35.8 Å². The number of nitrogens with zero attached hydrogens (tertiary/aromatic N) is 9. The molecule has 6 fully saturated rings. The summed E-state index contributed by atoms with van der Waals surface area (Å²) < 4.78 is 15.0. The molecule has 72 heavy (non-hydrogen) atoms. The van der Waals surface area contributed by atoms with E-state index in [1.165, 1.54) is 17.4 Å². The van der Waals surface area contributed by atoms with Gasteiger partial charge in [0.2, 0.25) is 5.91 Å². The summed E-state index contributed by atoms with van der Waals surface area (Å²) in [5, 5.41) is 8.94. The van der Waals surface area contributed by atoms with Crippen LogP contribution in [0.25, 0.3) is 33.4 Å². The summed E-state index contributed by atoms with van der Waals surface area (Å²) >= 11 is 1.54. The Kier molecular flexibility index (Phi) is 12.2. The smallest absolute Gasteiger partial charge is 0.324 e. The number of esters is 1. The Labute approximate surface area is 426 Å². The fourth-order valence-corrected chi connectivity index (χ4v) is 14.7. The van der Waals surface area contributed by atoms with Crippen molar-refractivity contribution in [3.63, 3.8) is 0 Å². The van der Waals surface area contributed by atoms with Crippen LogP contribution in [0.2, 0.25) is 0 Å². The van der Waals surface area contributed by atoms with Crippen LogP contribution >= 0.6 is 11.3 Å². The second-order valence-electron chi connectivity index (χ2n) is 23.2. The van der Waals surface area contributed by atoms with Gasteiger partial charge in [0.1, 0.15) is 23.4 Å². The quantitative estimate of drug-likeness (QED) is 0.164. The third-order valence-electron chi connectivity index (χ3n) is 17.9. The molecule has 5 aromatic rings. The highest BCUT2D eigenvalue weighted by Crippen LogP contribution is 2.54. The summed E-state index contributed by atoms with van der Waals surface area (Å²) in [6.45, 7) is 13.8. The van der Waals surface area contributed by atoms with Crippen LogP contribution in [0, 0.1) is 29.1 Å². The summed E-state index contributed by atoms with van der Waals surface area (Å²) in [7, 11) is 6.16. The van der Waals surface area contributed by atoms with Gasteiger partial charge in [0.15, 0.2) is 0 Å². The Bertz CT molecular complexity index is 2890. The van der Waals surface area contributed by atoms with Crippen molar-refractivity contribution in [3.05, 3.63) is 82.5 Å². The number of hydrazine groups is 1. The van der Waals surface area contributed by atoms with Crippen LogP contribution in [0.4, 0.5) is 0 Å². The number of likely N-dealkylation sites (tertiary alicyclic amines) is 3. The lowest BCUT2D eigenvalue weighted by Gasteiger charge is -2.63. The Hall–Kier alpha value is -5.17. The molecule has 380 valence electrons. The number of rotatable bonds is 8. The number of nitrogens with one attached hydrogen (secondary N) is 2. The molecular formula is C55H69N11O5S. The van der Waals surface area contributed by atoms with Crippen molar-refractivity contribution in [3.8, 4) is 22.5 Å². The molecule has 17 heteroatoms. The van der Waals surface area contributed by atoms with E-state index in [0.29, 0.717) is 37.6 Å². The minimum Gasteiger partial charge on any atom is -0.464 e. The standard InChI is InChI=1S/C55H69N11O5S/c1-31-44(40-14-17-56-30-58-40)45(31)50(67)60-47-49(64-27-55(28-64)15-19-63(55)6)51-59-42(26-72-51)33-12-13-43-38(22-33)39(23-54(3,4)29-71-53(69)41-11-9-18-65(61-41)52(47)68)48(37-10-8-16-57-46(37)32(2)70-7)66(43)36-20-34-24-62(5)25-35(34)21-36/h8,10,12-14,16-17,22,26,30-32,34-36,41,44-45,47,49,61H,9,11,15,18-21,23-25,27-29H2,1-7H3,(H,60,67)/t31-,32-,34-,35+,36?,41-,44-,45+,47-,49-/m0/s1. The van der Waals surface area contributed by atoms with Gasteiger partial charge in [-0.25, -0.2) is 20.4 Å². The molecule has 9 heterocycles. The Morgan fingerprint density at radius 1 is 1.04 bits per heavy atom. The maximum absolute atomic E-state index is 15.4. The summed E-state index contributed by atoms with van der Waals surface area (Å²) in [6, 6.07) is 10.9. The van der Waals surface area contributed by atoms with E-state index in [4.69, 9.17) is 19.4 Å². The van der Waals surface area contributed by atoms with E-state index in [1.54, 1.807) is 29.7 Å². The van der Waals surface area contributed by atoms with Crippen LogP contribution in [-0.2, 0) is 30.3 Å². The van der Waals surface area contributed by atoms with Gasteiger partial charge in [-0.3, -0.25) is 34.2 Å². The van der Waals surface area contributed by atoms with Crippen molar-refractivity contribution in [1.29, 1.82) is 0 Å². The van der Waals surface area contributed by atoms with Crippen molar-refractivity contribution in [2.24, 2.45) is 29.1 Å². The average molecular weight is 996 g/mol. The second kappa shape index (κ2) is 18.3. The van der Waals surface area contributed by atoms with E-state index >= 15 is 4.79 Å². The number of pyridine rings is 1. The Morgan fingerprint density at radius 2 is 1.85 bits per heavy atom. The van der Waals surface area contributed by atoms with Crippen LogP contribution in [0.5, 0.6) is 0 Å². The molecule has 2 N–H and O–H groups in total. The molecule has 5 aliphatic heterocycles. The van der Waals surface area contributed by atoms with Crippen molar-refractivity contribution < 1.29 is 23.9 Å². The lowest BCUT2D eigenvalue weighted by Crippen LogP contribution is -2.77. The predicted molar refractivity (Wildman–Crippen MR) is 274 cm³/mol. The van der Waals surface area contributed by atoms with Crippen LogP contribution in [0.3, 0.4) is 0 Å². The zero-order valence-corrected chi connectivity index (χ0v) is 43.5. The average Bonchev–Trinajstić information content (AvgIpc) is 3.81. The fourth-order valence-electron chi connectivity index (χ4n) is 13.7. The van der Waals surface area contributed by atoms with Crippen molar-refractivity contribution in [1.82, 2.24) is 55.0 Å². The molecule has 7 aliphatic rings. The second-order valence-corrected chi connectivity index (χ2v) is 24.1. The largest absolute Gasteiger partial charge is 0.464 e. The molecule has 2 amide bonds. The van der Waals surface area contributed by atoms with Gasteiger partial charge < -0.3 is 24.3 Å². The molecule has 16 nitrogen and oxygen atoms in total. The number of carbonyl (C=O) groups is 3. The highest BCUT2D eigenvalue weighted by molar-refractivity contribution is 7.10. The van der Waals surface area contributed by atoms with Crippen LogP contribution in [-0.4, -0.2) is 147 Å². The number of ether oxygens (including phenoxy) is 2. The third-order valence-corrected chi connectivity index (χ3v) is 18.8. The number of hydrogen-bond donors (Lipinski definition) is 2. The van der Waals surface area contributed by atoms with Gasteiger partial charge in [-0.1, -0.05) is 26.8 Å². The predicted octanol–water partition coefficient (Wildman–Crippen LogP) is 6.42. The normalized spacial score (nSPS) is 30.9. The van der Waals surface area contributed by atoms with E-state index < -0.39 is 29.5 Å². The molecule has 2 aliphatic carbocycles. The SMILES string of the molecule is CO[C@@H](C)c1ncccc1-c1c2c3cc(ccc3n1C1C[C@@H]3CN(C)C[C@@H]3C1)-c1csc(n1)[C@@H](N1CC3(CCN3C)C1)[C@H](NC(=O)[C@@H]1[C@@H](C)[C@H]1c1ccncn1)C(=O)N1CCC[C@H](N1)C(=O)OCC(C)(C)C2. The van der Waals surface area contributed by atoms with Crippen molar-refractivity contribution in [2.75, 3.05) is 67.1 Å². The number of methoxy groups -OCH3 is 1. The molecular weight excluding hydrogens is 927 g/mol. The van der Waals surface area contributed by atoms with E-state index in [-0.39, 0.29) is 53.9 Å². The van der Waals surface area contributed by atoms with E-state index in [0.717, 1.165) is 96.3 Å². The Morgan fingerprint density at radius 3 is 2.57 bits per heavy atom. The first kappa shape index (κ1) is 47.8. The van der Waals surface area contributed by atoms with E-state index in [1.807, 2.05) is 18.3 Å². The molecule has 12 rings (SSSR count). The zero-order valence-electron chi connectivity index (χ0n) is 42.7. The molecule has 6 bridgehead atoms. The number of amides is 2. The first-order valence-electron chi connectivity index (χ1n) is 26.3. The minimum atomic E-state index is -1.00. The molecule has 1 spiro atoms. The number of likely N-dealkylation sites (N-methyl/N-ethyl adjacent to an activating group) is 1. The van der Waals surface area contributed by atoms with Gasteiger partial charge in [0.25, 0.3) is 5.91 Å². The molecule has 2 saturated carbocycles. The number of carbonyl (C=O) groups excluding carboxylic acids is 3. The third kappa shape index (κ3) is 8.26. The van der Waals surface area contributed by atoms with Gasteiger partial charge in [-0.05, 0) is 113 Å². The van der Waals surface area contributed by atoms with Gasteiger partial charge in [-0.15, -0.1) is 11.3 Å². The number of thiazole rings is 1.